The van der Waals surface area contributed by atoms with Crippen molar-refractivity contribution < 1.29 is 17.6 Å². The SMILES string of the molecule is CC(=O)c1ccc(-c2cccc(-c3c(C4=C(C#N)SCC4)c4cc(F)ccc4n3S(=O)(=O)C3=CC=C(C#N)CC=C3)c2)c(C)c1. The summed E-state index contributed by atoms with van der Waals surface area (Å²) in [6.07, 6.45) is 6.83. The molecule has 222 valence electrons. The summed E-state index contributed by atoms with van der Waals surface area (Å²) in [7, 11) is -4.30. The molecule has 6 rings (SSSR count). The molecule has 2 heterocycles. The lowest BCUT2D eigenvalue weighted by atomic mass is 9.93. The van der Waals surface area contributed by atoms with Gasteiger partial charge < -0.3 is 0 Å². The van der Waals surface area contributed by atoms with E-state index in [1.807, 2.05) is 43.3 Å². The van der Waals surface area contributed by atoms with Crippen molar-refractivity contribution in [2.75, 3.05) is 5.75 Å². The number of aromatic nitrogens is 1. The highest BCUT2D eigenvalue weighted by Crippen LogP contribution is 2.47. The second-order valence-electron chi connectivity index (χ2n) is 10.8. The van der Waals surface area contributed by atoms with Crippen LogP contribution in [0.5, 0.6) is 0 Å². The van der Waals surface area contributed by atoms with E-state index in [-0.39, 0.29) is 16.2 Å². The van der Waals surface area contributed by atoms with Crippen LogP contribution in [-0.4, -0.2) is 23.9 Å². The molecule has 0 N–H and O–H groups in total. The van der Waals surface area contributed by atoms with Crippen LogP contribution in [0.3, 0.4) is 0 Å². The van der Waals surface area contributed by atoms with Gasteiger partial charge in [-0.3, -0.25) is 4.79 Å². The molecular weight excluding hydrogens is 606 g/mol. The van der Waals surface area contributed by atoms with Crippen LogP contribution >= 0.6 is 11.8 Å². The van der Waals surface area contributed by atoms with Gasteiger partial charge in [0.1, 0.15) is 11.9 Å². The van der Waals surface area contributed by atoms with Crippen molar-refractivity contribution in [1.82, 2.24) is 3.97 Å². The maximum Gasteiger partial charge on any atom is 0.268 e. The maximum atomic E-state index is 14.9. The number of Topliss-reactive ketones (excluding diaryl/α,β-unsaturated/α-hetero) is 1. The fourth-order valence-electron chi connectivity index (χ4n) is 5.86. The van der Waals surface area contributed by atoms with Crippen LogP contribution in [-0.2, 0) is 10.0 Å². The van der Waals surface area contributed by atoms with Crippen LogP contribution in [0.4, 0.5) is 4.39 Å². The van der Waals surface area contributed by atoms with Crippen LogP contribution < -0.4 is 0 Å². The zero-order valence-electron chi connectivity index (χ0n) is 24.5. The van der Waals surface area contributed by atoms with Gasteiger partial charge in [0.15, 0.2) is 5.78 Å². The minimum absolute atomic E-state index is 0.0242. The average molecular weight is 632 g/mol. The summed E-state index contributed by atoms with van der Waals surface area (Å²) < 4.78 is 45.4. The highest BCUT2D eigenvalue weighted by Gasteiger charge is 2.32. The van der Waals surface area contributed by atoms with Crippen molar-refractivity contribution in [3.05, 3.63) is 123 Å². The molecule has 0 saturated carbocycles. The van der Waals surface area contributed by atoms with E-state index in [2.05, 4.69) is 12.1 Å². The Kier molecular flexibility index (Phi) is 7.92. The summed E-state index contributed by atoms with van der Waals surface area (Å²) >= 11 is 1.40. The van der Waals surface area contributed by atoms with Crippen molar-refractivity contribution >= 4 is 44.0 Å². The molecule has 0 saturated heterocycles. The van der Waals surface area contributed by atoms with Crippen molar-refractivity contribution in [3.63, 3.8) is 0 Å². The van der Waals surface area contributed by atoms with Crippen molar-refractivity contribution in [2.24, 2.45) is 0 Å². The third-order valence-corrected chi connectivity index (χ3v) is 10.8. The standard InChI is InChI=1S/C36H26FN3O3S2/c1-22-17-25(23(2)41)10-13-30(22)26-6-4-7-27(18-26)36-35(31-15-16-44-34(31)21-39)32-19-28(37)11-14-33(32)40(36)45(42,43)29-8-3-5-24(20-38)9-12-29/h3-4,6-14,17-19H,5,15-16H2,1-2H3. The number of allylic oxidation sites excluding steroid dienone is 7. The average Bonchev–Trinajstić information content (AvgIpc) is 3.54. The Hall–Kier alpha value is -4.96. The number of nitriles is 2. The number of hydrogen-bond donors (Lipinski definition) is 0. The van der Waals surface area contributed by atoms with Gasteiger partial charge >= 0.3 is 0 Å². The summed E-state index contributed by atoms with van der Waals surface area (Å²) in [6, 6.07) is 21.3. The normalized spacial score (nSPS) is 15.0. The van der Waals surface area contributed by atoms with Gasteiger partial charge in [-0.2, -0.15) is 10.5 Å². The van der Waals surface area contributed by atoms with E-state index in [4.69, 9.17) is 0 Å². The van der Waals surface area contributed by atoms with Crippen LogP contribution in [0.1, 0.15) is 41.3 Å². The molecule has 4 aromatic rings. The molecule has 6 nitrogen and oxygen atoms in total. The number of halogens is 1. The highest BCUT2D eigenvalue weighted by molar-refractivity contribution is 8.03. The Morgan fingerprint density at radius 3 is 2.53 bits per heavy atom. The van der Waals surface area contributed by atoms with Gasteiger partial charge in [0.2, 0.25) is 0 Å². The zero-order valence-corrected chi connectivity index (χ0v) is 26.1. The Morgan fingerprint density at radius 1 is 1.00 bits per heavy atom. The Labute approximate surface area is 265 Å². The molecule has 0 radical (unpaired) electrons. The number of rotatable bonds is 6. The molecule has 2 aliphatic rings. The topological polar surface area (TPSA) is 104 Å². The minimum Gasteiger partial charge on any atom is -0.295 e. The number of fused-ring (bicyclic) bond motifs is 1. The third kappa shape index (κ3) is 5.35. The van der Waals surface area contributed by atoms with Crippen molar-refractivity contribution in [3.8, 4) is 34.5 Å². The Bertz CT molecular complexity index is 2260. The van der Waals surface area contributed by atoms with E-state index in [0.717, 1.165) is 16.7 Å². The first-order valence-electron chi connectivity index (χ1n) is 14.2. The molecule has 0 amide bonds. The van der Waals surface area contributed by atoms with E-state index in [1.54, 1.807) is 12.1 Å². The van der Waals surface area contributed by atoms with Gasteiger partial charge in [-0.15, -0.1) is 11.8 Å². The number of nitrogens with zero attached hydrogens (tertiary/aromatic N) is 3. The predicted octanol–water partition coefficient (Wildman–Crippen LogP) is 8.47. The molecule has 0 bridgehead atoms. The second-order valence-corrected chi connectivity index (χ2v) is 13.7. The van der Waals surface area contributed by atoms with E-state index in [0.29, 0.717) is 62.4 Å². The lowest BCUT2D eigenvalue weighted by Crippen LogP contribution is -2.15. The summed E-state index contributed by atoms with van der Waals surface area (Å²) in [4.78, 5) is 12.4. The van der Waals surface area contributed by atoms with Gasteiger partial charge in [-0.25, -0.2) is 16.8 Å². The molecule has 1 aliphatic carbocycles. The molecule has 9 heteroatoms. The second kappa shape index (κ2) is 11.9. The molecule has 0 unspecified atom stereocenters. The summed E-state index contributed by atoms with van der Waals surface area (Å²) in [5, 5.41) is 19.8. The molecular formula is C36H26FN3O3S2. The number of hydrogen-bond acceptors (Lipinski definition) is 6. The Morgan fingerprint density at radius 2 is 1.80 bits per heavy atom. The fourth-order valence-corrected chi connectivity index (χ4v) is 8.38. The van der Waals surface area contributed by atoms with E-state index in [9.17, 15) is 28.1 Å². The van der Waals surface area contributed by atoms with E-state index < -0.39 is 15.8 Å². The maximum absolute atomic E-state index is 14.9. The lowest BCUT2D eigenvalue weighted by molar-refractivity contribution is 0.101. The fraction of sp³-hybridized carbons (Fsp3) is 0.139. The molecule has 0 fully saturated rings. The molecule has 0 spiro atoms. The van der Waals surface area contributed by atoms with Crippen molar-refractivity contribution in [1.29, 1.82) is 10.5 Å². The summed E-state index contributed by atoms with van der Waals surface area (Å²) in [6.45, 7) is 3.43. The minimum atomic E-state index is -4.30. The quantitative estimate of drug-likeness (QED) is 0.198. The lowest BCUT2D eigenvalue weighted by Gasteiger charge is -2.16. The summed E-state index contributed by atoms with van der Waals surface area (Å²) in [5.41, 5.74) is 5.90. The van der Waals surface area contributed by atoms with Crippen LogP contribution in [0, 0.1) is 35.4 Å². The van der Waals surface area contributed by atoms with Crippen LogP contribution in [0.2, 0.25) is 0 Å². The number of ketones is 1. The van der Waals surface area contributed by atoms with E-state index >= 15 is 0 Å². The first-order valence-corrected chi connectivity index (χ1v) is 16.6. The van der Waals surface area contributed by atoms with Gasteiger partial charge in [-0.05, 0) is 91.1 Å². The predicted molar refractivity (Wildman–Crippen MR) is 177 cm³/mol. The monoisotopic (exact) mass is 631 g/mol. The van der Waals surface area contributed by atoms with Crippen LogP contribution in [0.15, 0.2) is 100 Å². The Balaban J connectivity index is 1.70. The summed E-state index contributed by atoms with van der Waals surface area (Å²) in [5.74, 6) is 0.0725. The number of benzene rings is 3. The zero-order chi connectivity index (χ0) is 31.9. The van der Waals surface area contributed by atoms with E-state index in [1.165, 1.54) is 59.1 Å². The molecule has 3 aromatic carbocycles. The number of aryl methyl sites for hydroxylation is 1. The van der Waals surface area contributed by atoms with Gasteiger partial charge in [0, 0.05) is 39.8 Å². The van der Waals surface area contributed by atoms with Gasteiger partial charge in [0.05, 0.1) is 27.1 Å². The smallest absolute Gasteiger partial charge is 0.268 e. The van der Waals surface area contributed by atoms with Crippen LogP contribution in [0.25, 0.3) is 38.9 Å². The highest BCUT2D eigenvalue weighted by atomic mass is 32.2. The number of carbonyl (C=O) groups excluding carboxylic acids is 1. The molecule has 1 aliphatic heterocycles. The number of carbonyl (C=O) groups is 1. The largest absolute Gasteiger partial charge is 0.295 e. The molecule has 1 aromatic heterocycles. The molecule has 0 atom stereocenters. The van der Waals surface area contributed by atoms with Crippen molar-refractivity contribution in [2.45, 2.75) is 26.7 Å². The first-order chi connectivity index (χ1) is 21.6. The van der Waals surface area contributed by atoms with Gasteiger partial charge in [-0.1, -0.05) is 36.4 Å². The number of thioether (sulfide) groups is 1. The van der Waals surface area contributed by atoms with Gasteiger partial charge in [0.25, 0.3) is 10.0 Å². The first kappa shape index (κ1) is 30.1. The third-order valence-electron chi connectivity index (χ3n) is 7.99. The molecule has 45 heavy (non-hydrogen) atoms.